The predicted octanol–water partition coefficient (Wildman–Crippen LogP) is 3.38. The van der Waals surface area contributed by atoms with Gasteiger partial charge in [0, 0.05) is 10.6 Å². The smallest absolute Gasteiger partial charge is 0.210 e. The maximum Gasteiger partial charge on any atom is 0.210 e. The number of guanidine groups is 1. The van der Waals surface area contributed by atoms with Gasteiger partial charge in [-0.3, -0.25) is 5.43 Å². The molecule has 4 nitrogen and oxygen atoms in total. The van der Waals surface area contributed by atoms with Crippen molar-refractivity contribution < 1.29 is 0 Å². The fourth-order valence-corrected chi connectivity index (χ4v) is 2.84. The lowest BCUT2D eigenvalue weighted by molar-refractivity contribution is 0.522. The van der Waals surface area contributed by atoms with Crippen molar-refractivity contribution in [3.63, 3.8) is 0 Å². The van der Waals surface area contributed by atoms with Gasteiger partial charge in [0.1, 0.15) is 0 Å². The summed E-state index contributed by atoms with van der Waals surface area (Å²) < 4.78 is 0. The number of nitrogens with zero attached hydrogens (tertiary/aromatic N) is 1. The van der Waals surface area contributed by atoms with Crippen LogP contribution in [0, 0.1) is 5.92 Å². The van der Waals surface area contributed by atoms with Crippen molar-refractivity contribution in [1.29, 1.82) is 0 Å². The van der Waals surface area contributed by atoms with Gasteiger partial charge >= 0.3 is 0 Å². The van der Waals surface area contributed by atoms with Crippen LogP contribution in [0.15, 0.2) is 52.8 Å². The first kappa shape index (κ1) is 14.6. The third-order valence-electron chi connectivity index (χ3n) is 2.91. The van der Waals surface area contributed by atoms with Crippen LogP contribution in [0.2, 0.25) is 0 Å². The SMILES string of the molecule is CC(C)C(N=C(NN)Nc1ccccc1)c1cccs1. The van der Waals surface area contributed by atoms with Gasteiger partial charge in [0.25, 0.3) is 0 Å². The number of para-hydroxylation sites is 1. The number of aliphatic imine (C=N–C) groups is 1. The van der Waals surface area contributed by atoms with Crippen molar-refractivity contribution in [2.45, 2.75) is 19.9 Å². The molecule has 2 aromatic rings. The lowest BCUT2D eigenvalue weighted by atomic mass is 10.0. The van der Waals surface area contributed by atoms with Crippen molar-refractivity contribution >= 4 is 23.0 Å². The zero-order valence-corrected chi connectivity index (χ0v) is 12.5. The highest BCUT2D eigenvalue weighted by molar-refractivity contribution is 7.10. The number of hydrazine groups is 1. The quantitative estimate of drug-likeness (QED) is 0.350. The van der Waals surface area contributed by atoms with Crippen LogP contribution >= 0.6 is 11.3 Å². The monoisotopic (exact) mass is 288 g/mol. The standard InChI is InChI=1S/C15H20N4S/c1-11(2)14(13-9-6-10-20-13)18-15(19-16)17-12-7-4-3-5-8-12/h3-11,14H,16H2,1-2H3,(H2,17,18,19). The van der Waals surface area contributed by atoms with Gasteiger partial charge in [0.15, 0.2) is 0 Å². The molecule has 2 rings (SSSR count). The summed E-state index contributed by atoms with van der Waals surface area (Å²) in [6.45, 7) is 4.31. The van der Waals surface area contributed by atoms with E-state index in [1.165, 1.54) is 4.88 Å². The van der Waals surface area contributed by atoms with Crippen LogP contribution in [0.5, 0.6) is 0 Å². The van der Waals surface area contributed by atoms with E-state index in [4.69, 9.17) is 10.8 Å². The Kier molecular flexibility index (Phi) is 5.15. The molecule has 4 N–H and O–H groups in total. The van der Waals surface area contributed by atoms with Crippen LogP contribution in [0.3, 0.4) is 0 Å². The van der Waals surface area contributed by atoms with Crippen LogP contribution in [0.4, 0.5) is 5.69 Å². The molecular formula is C15H20N4S. The zero-order chi connectivity index (χ0) is 14.4. The Morgan fingerprint density at radius 1 is 1.15 bits per heavy atom. The fourth-order valence-electron chi connectivity index (χ4n) is 1.90. The van der Waals surface area contributed by atoms with Gasteiger partial charge < -0.3 is 5.32 Å². The van der Waals surface area contributed by atoms with Gasteiger partial charge in [0.2, 0.25) is 5.96 Å². The topological polar surface area (TPSA) is 62.4 Å². The summed E-state index contributed by atoms with van der Waals surface area (Å²) in [4.78, 5) is 5.95. The summed E-state index contributed by atoms with van der Waals surface area (Å²) >= 11 is 1.71. The van der Waals surface area contributed by atoms with Crippen LogP contribution in [-0.2, 0) is 0 Å². The minimum Gasteiger partial charge on any atom is -0.325 e. The lowest BCUT2D eigenvalue weighted by Gasteiger charge is -2.18. The largest absolute Gasteiger partial charge is 0.325 e. The number of anilines is 1. The molecule has 1 unspecified atom stereocenters. The summed E-state index contributed by atoms with van der Waals surface area (Å²) in [6.07, 6.45) is 0. The first-order chi connectivity index (χ1) is 9.70. The third kappa shape index (κ3) is 3.82. The molecule has 0 radical (unpaired) electrons. The first-order valence-electron chi connectivity index (χ1n) is 6.60. The normalized spacial score (nSPS) is 13.3. The molecule has 0 amide bonds. The maximum atomic E-state index is 5.58. The van der Waals surface area contributed by atoms with Gasteiger partial charge in [-0.25, -0.2) is 10.8 Å². The van der Waals surface area contributed by atoms with Gasteiger partial charge in [-0.05, 0) is 29.5 Å². The highest BCUT2D eigenvalue weighted by Crippen LogP contribution is 2.29. The Hall–Kier alpha value is -1.85. The van der Waals surface area contributed by atoms with E-state index in [9.17, 15) is 0 Å². The van der Waals surface area contributed by atoms with Gasteiger partial charge in [0.05, 0.1) is 6.04 Å². The number of nitrogens with one attached hydrogen (secondary N) is 2. The van der Waals surface area contributed by atoms with Crippen LogP contribution in [-0.4, -0.2) is 5.96 Å². The average molecular weight is 288 g/mol. The van der Waals surface area contributed by atoms with Crippen LogP contribution in [0.25, 0.3) is 0 Å². The molecule has 0 saturated carbocycles. The highest BCUT2D eigenvalue weighted by Gasteiger charge is 2.16. The second kappa shape index (κ2) is 7.07. The molecule has 0 fully saturated rings. The molecule has 106 valence electrons. The van der Waals surface area contributed by atoms with E-state index in [0.29, 0.717) is 11.9 Å². The van der Waals surface area contributed by atoms with Crippen molar-refractivity contribution in [2.24, 2.45) is 16.8 Å². The van der Waals surface area contributed by atoms with E-state index < -0.39 is 0 Å². The summed E-state index contributed by atoms with van der Waals surface area (Å²) in [5.41, 5.74) is 3.60. The molecule has 20 heavy (non-hydrogen) atoms. The number of hydrogen-bond acceptors (Lipinski definition) is 3. The van der Waals surface area contributed by atoms with Crippen LogP contribution < -0.4 is 16.6 Å². The number of rotatable bonds is 4. The molecule has 1 aromatic heterocycles. The molecule has 1 aromatic carbocycles. The Labute approximate surface area is 123 Å². The fraction of sp³-hybridized carbons (Fsp3) is 0.267. The summed E-state index contributed by atoms with van der Waals surface area (Å²) in [5, 5.41) is 5.26. The Morgan fingerprint density at radius 2 is 1.90 bits per heavy atom. The van der Waals surface area contributed by atoms with E-state index in [-0.39, 0.29) is 6.04 Å². The van der Waals surface area contributed by atoms with E-state index in [1.54, 1.807) is 11.3 Å². The molecule has 0 saturated heterocycles. The average Bonchev–Trinajstić information content (AvgIpc) is 2.98. The lowest BCUT2D eigenvalue weighted by Crippen LogP contribution is -2.36. The number of nitrogens with two attached hydrogens (primary N) is 1. The molecule has 5 heteroatoms. The number of benzene rings is 1. The summed E-state index contributed by atoms with van der Waals surface area (Å²) in [5.74, 6) is 6.55. The number of thiophene rings is 1. The van der Waals surface area contributed by atoms with E-state index in [2.05, 4.69) is 36.0 Å². The second-order valence-electron chi connectivity index (χ2n) is 4.82. The minimum absolute atomic E-state index is 0.0947. The predicted molar refractivity (Wildman–Crippen MR) is 86.7 cm³/mol. The first-order valence-corrected chi connectivity index (χ1v) is 7.48. The van der Waals surface area contributed by atoms with Crippen molar-refractivity contribution in [3.8, 4) is 0 Å². The van der Waals surface area contributed by atoms with Crippen LogP contribution in [0.1, 0.15) is 24.8 Å². The van der Waals surface area contributed by atoms with Crippen molar-refractivity contribution in [2.75, 3.05) is 5.32 Å². The summed E-state index contributed by atoms with van der Waals surface area (Å²) in [6, 6.07) is 14.1. The third-order valence-corrected chi connectivity index (χ3v) is 3.85. The molecular weight excluding hydrogens is 268 g/mol. The van der Waals surface area contributed by atoms with Crippen molar-refractivity contribution in [3.05, 3.63) is 52.7 Å². The van der Waals surface area contributed by atoms with Gasteiger partial charge in [-0.2, -0.15) is 0 Å². The highest BCUT2D eigenvalue weighted by atomic mass is 32.1. The van der Waals surface area contributed by atoms with Gasteiger partial charge in [-0.1, -0.05) is 38.1 Å². The van der Waals surface area contributed by atoms with E-state index >= 15 is 0 Å². The van der Waals surface area contributed by atoms with E-state index in [0.717, 1.165) is 5.69 Å². The molecule has 0 aliphatic heterocycles. The molecule has 0 aliphatic rings. The Balaban J connectivity index is 2.19. The van der Waals surface area contributed by atoms with Gasteiger partial charge in [-0.15, -0.1) is 11.3 Å². The summed E-state index contributed by atoms with van der Waals surface area (Å²) in [7, 11) is 0. The molecule has 1 atom stereocenters. The minimum atomic E-state index is 0.0947. The second-order valence-corrected chi connectivity index (χ2v) is 5.80. The molecule has 0 spiro atoms. The molecule has 0 aliphatic carbocycles. The number of hydrogen-bond donors (Lipinski definition) is 3. The molecule has 1 heterocycles. The Morgan fingerprint density at radius 3 is 2.45 bits per heavy atom. The maximum absolute atomic E-state index is 5.58. The Bertz CT molecular complexity index is 534. The van der Waals surface area contributed by atoms with E-state index in [1.807, 2.05) is 36.4 Å². The van der Waals surface area contributed by atoms with Crippen molar-refractivity contribution in [1.82, 2.24) is 5.43 Å². The molecule has 0 bridgehead atoms. The zero-order valence-electron chi connectivity index (χ0n) is 11.7.